The summed E-state index contributed by atoms with van der Waals surface area (Å²) in [4.78, 5) is 2.31. The average Bonchev–Trinajstić information content (AvgIpc) is 2.34. The molecular formula is C14H24ClFN4. The Kier molecular flexibility index (Phi) is 5.89. The molecule has 0 fully saturated rings. The Morgan fingerprint density at radius 1 is 1.20 bits per heavy atom. The Labute approximate surface area is 125 Å². The van der Waals surface area contributed by atoms with Crippen molar-refractivity contribution in [1.82, 2.24) is 4.90 Å². The van der Waals surface area contributed by atoms with Gasteiger partial charge < -0.3 is 16.8 Å². The predicted octanol–water partition coefficient (Wildman–Crippen LogP) is 3.17. The van der Waals surface area contributed by atoms with Crippen molar-refractivity contribution >= 4 is 28.7 Å². The third-order valence-corrected chi connectivity index (χ3v) is 3.65. The lowest BCUT2D eigenvalue weighted by molar-refractivity contribution is 0.182. The third kappa shape index (κ3) is 3.90. The van der Waals surface area contributed by atoms with E-state index < -0.39 is 5.82 Å². The number of rotatable bonds is 6. The molecular weight excluding hydrogens is 279 g/mol. The van der Waals surface area contributed by atoms with Crippen LogP contribution in [0.1, 0.15) is 27.7 Å². The highest BCUT2D eigenvalue weighted by Crippen LogP contribution is 2.33. The van der Waals surface area contributed by atoms with Gasteiger partial charge >= 0.3 is 0 Å². The largest absolute Gasteiger partial charge is 0.397 e. The van der Waals surface area contributed by atoms with Crippen molar-refractivity contribution in [2.45, 2.75) is 39.8 Å². The van der Waals surface area contributed by atoms with Crippen molar-refractivity contribution in [3.05, 3.63) is 16.9 Å². The lowest BCUT2D eigenvalue weighted by Gasteiger charge is -2.30. The molecule has 0 unspecified atom stereocenters. The number of hydrogen-bond donors (Lipinski definition) is 3. The standard InChI is InChI=1S/C14H24ClFN4/c1-8(2)20(9(3)4)6-5-19-14-11(18)7-10(17)12(15)13(14)16/h7-9,19H,5-6,17-18H2,1-4H3. The molecule has 0 radical (unpaired) electrons. The number of nitrogen functional groups attached to an aromatic ring is 2. The highest BCUT2D eigenvalue weighted by atomic mass is 35.5. The molecule has 0 aromatic heterocycles. The predicted molar refractivity (Wildman–Crippen MR) is 85.7 cm³/mol. The molecule has 0 saturated heterocycles. The molecule has 0 atom stereocenters. The van der Waals surface area contributed by atoms with Crippen LogP contribution in [0.15, 0.2) is 6.07 Å². The van der Waals surface area contributed by atoms with E-state index in [-0.39, 0.29) is 22.1 Å². The third-order valence-electron chi connectivity index (χ3n) is 3.26. The molecule has 0 saturated carbocycles. The van der Waals surface area contributed by atoms with Gasteiger partial charge in [-0.2, -0.15) is 0 Å². The summed E-state index contributed by atoms with van der Waals surface area (Å²) in [6.45, 7) is 9.90. The number of halogens is 2. The fourth-order valence-corrected chi connectivity index (χ4v) is 2.42. The van der Waals surface area contributed by atoms with E-state index in [1.54, 1.807) is 0 Å². The van der Waals surface area contributed by atoms with Gasteiger partial charge in [-0.05, 0) is 33.8 Å². The van der Waals surface area contributed by atoms with Crippen molar-refractivity contribution in [1.29, 1.82) is 0 Å². The lowest BCUT2D eigenvalue weighted by atomic mass is 10.2. The Balaban J connectivity index is 2.74. The van der Waals surface area contributed by atoms with Crippen LogP contribution in [0.3, 0.4) is 0 Å². The molecule has 0 bridgehead atoms. The summed E-state index contributed by atoms with van der Waals surface area (Å²) in [5, 5.41) is 2.92. The molecule has 1 aromatic rings. The number of hydrogen-bond acceptors (Lipinski definition) is 4. The zero-order chi connectivity index (χ0) is 15.4. The maximum atomic E-state index is 14.0. The normalized spacial score (nSPS) is 11.7. The molecule has 0 aliphatic rings. The van der Waals surface area contributed by atoms with E-state index in [1.165, 1.54) is 6.07 Å². The zero-order valence-electron chi connectivity index (χ0n) is 12.5. The highest BCUT2D eigenvalue weighted by Gasteiger charge is 2.16. The van der Waals surface area contributed by atoms with E-state index >= 15 is 0 Å². The second-order valence-electron chi connectivity index (χ2n) is 5.41. The second kappa shape index (κ2) is 6.99. The number of nitrogens with zero attached hydrogens (tertiary/aromatic N) is 1. The molecule has 114 valence electrons. The molecule has 20 heavy (non-hydrogen) atoms. The summed E-state index contributed by atoms with van der Waals surface area (Å²) in [7, 11) is 0. The zero-order valence-corrected chi connectivity index (χ0v) is 13.3. The first-order valence-electron chi connectivity index (χ1n) is 6.78. The van der Waals surface area contributed by atoms with Crippen LogP contribution in [-0.2, 0) is 0 Å². The smallest absolute Gasteiger partial charge is 0.169 e. The average molecular weight is 303 g/mol. The summed E-state index contributed by atoms with van der Waals surface area (Å²) in [5.41, 5.74) is 12.0. The number of anilines is 3. The fraction of sp³-hybridized carbons (Fsp3) is 0.571. The van der Waals surface area contributed by atoms with Gasteiger partial charge in [0.25, 0.3) is 0 Å². The van der Waals surface area contributed by atoms with E-state index in [4.69, 9.17) is 23.1 Å². The van der Waals surface area contributed by atoms with Crippen molar-refractivity contribution < 1.29 is 4.39 Å². The van der Waals surface area contributed by atoms with Crippen LogP contribution in [0.2, 0.25) is 5.02 Å². The van der Waals surface area contributed by atoms with Gasteiger partial charge in [0, 0.05) is 25.2 Å². The maximum absolute atomic E-state index is 14.0. The summed E-state index contributed by atoms with van der Waals surface area (Å²) >= 11 is 5.79. The van der Waals surface area contributed by atoms with E-state index in [9.17, 15) is 4.39 Å². The van der Waals surface area contributed by atoms with E-state index in [0.29, 0.717) is 18.6 Å². The molecule has 0 aliphatic heterocycles. The van der Waals surface area contributed by atoms with E-state index in [2.05, 4.69) is 37.9 Å². The van der Waals surface area contributed by atoms with Crippen molar-refractivity contribution in [2.24, 2.45) is 0 Å². The van der Waals surface area contributed by atoms with Gasteiger partial charge in [0.05, 0.1) is 17.1 Å². The minimum atomic E-state index is -0.593. The van der Waals surface area contributed by atoms with Crippen LogP contribution in [0, 0.1) is 5.82 Å². The van der Waals surface area contributed by atoms with Crippen LogP contribution in [0.25, 0.3) is 0 Å². The molecule has 6 heteroatoms. The summed E-state index contributed by atoms with van der Waals surface area (Å²) in [5.74, 6) is -0.593. The minimum Gasteiger partial charge on any atom is -0.397 e. The van der Waals surface area contributed by atoms with Crippen LogP contribution >= 0.6 is 11.6 Å². The SMILES string of the molecule is CC(C)N(CCNc1c(N)cc(N)c(Cl)c1F)C(C)C. The van der Waals surface area contributed by atoms with Crippen LogP contribution < -0.4 is 16.8 Å². The van der Waals surface area contributed by atoms with E-state index in [1.807, 2.05) is 0 Å². The molecule has 0 heterocycles. The lowest BCUT2D eigenvalue weighted by Crippen LogP contribution is -2.40. The van der Waals surface area contributed by atoms with E-state index in [0.717, 1.165) is 6.54 Å². The van der Waals surface area contributed by atoms with Crippen LogP contribution in [-0.4, -0.2) is 30.1 Å². The van der Waals surface area contributed by atoms with Gasteiger partial charge in [-0.3, -0.25) is 4.90 Å². The monoisotopic (exact) mass is 302 g/mol. The second-order valence-corrected chi connectivity index (χ2v) is 5.79. The molecule has 0 aliphatic carbocycles. The molecule has 1 rings (SSSR count). The Morgan fingerprint density at radius 2 is 1.75 bits per heavy atom. The first-order valence-corrected chi connectivity index (χ1v) is 7.16. The first-order chi connectivity index (χ1) is 9.25. The number of nitrogens with two attached hydrogens (primary N) is 2. The topological polar surface area (TPSA) is 67.3 Å². The summed E-state index contributed by atoms with van der Waals surface area (Å²) in [6, 6.07) is 2.32. The number of benzene rings is 1. The van der Waals surface area contributed by atoms with Crippen molar-refractivity contribution in [2.75, 3.05) is 29.9 Å². The van der Waals surface area contributed by atoms with Gasteiger partial charge in [-0.15, -0.1) is 0 Å². The van der Waals surface area contributed by atoms with Crippen molar-refractivity contribution in [3.63, 3.8) is 0 Å². The van der Waals surface area contributed by atoms with Gasteiger partial charge in [0.2, 0.25) is 0 Å². The maximum Gasteiger partial charge on any atom is 0.169 e. The van der Waals surface area contributed by atoms with Crippen LogP contribution in [0.5, 0.6) is 0 Å². The fourth-order valence-electron chi connectivity index (χ4n) is 2.27. The Hall–Kier alpha value is -1.20. The van der Waals surface area contributed by atoms with Gasteiger partial charge in [0.15, 0.2) is 5.82 Å². The molecule has 0 amide bonds. The first kappa shape index (κ1) is 16.9. The minimum absolute atomic E-state index is 0.0914. The quantitative estimate of drug-likeness (QED) is 0.706. The van der Waals surface area contributed by atoms with Crippen molar-refractivity contribution in [3.8, 4) is 0 Å². The molecule has 5 N–H and O–H groups in total. The highest BCUT2D eigenvalue weighted by molar-refractivity contribution is 6.33. The van der Waals surface area contributed by atoms with Crippen LogP contribution in [0.4, 0.5) is 21.5 Å². The van der Waals surface area contributed by atoms with Gasteiger partial charge in [-0.1, -0.05) is 11.6 Å². The summed E-state index contributed by atoms with van der Waals surface area (Å²) < 4.78 is 14.0. The number of nitrogens with one attached hydrogen (secondary N) is 1. The Morgan fingerprint density at radius 3 is 2.25 bits per heavy atom. The Bertz CT molecular complexity index is 455. The van der Waals surface area contributed by atoms with Gasteiger partial charge in [-0.25, -0.2) is 4.39 Å². The molecule has 1 aromatic carbocycles. The molecule has 0 spiro atoms. The van der Waals surface area contributed by atoms with Gasteiger partial charge in [0.1, 0.15) is 5.02 Å². The summed E-state index contributed by atoms with van der Waals surface area (Å²) in [6.07, 6.45) is 0. The molecule has 4 nitrogen and oxygen atoms in total.